The molecular weight excluding hydrogens is 172 g/mol. The Morgan fingerprint density at radius 3 is 2.43 bits per heavy atom. The molecule has 0 aromatic heterocycles. The highest BCUT2D eigenvalue weighted by molar-refractivity contribution is 5.85. The molecule has 0 aliphatic carbocycles. The molecule has 0 spiro atoms. The Labute approximate surface area is 86.9 Å². The maximum atomic E-state index is 7.19. The van der Waals surface area contributed by atoms with Gasteiger partial charge in [-0.15, -0.1) is 0 Å². The van der Waals surface area contributed by atoms with E-state index < -0.39 is 0 Å². The molecule has 1 aromatic rings. The van der Waals surface area contributed by atoms with Crippen molar-refractivity contribution in [2.45, 2.75) is 27.2 Å². The van der Waals surface area contributed by atoms with Crippen LogP contribution in [0.3, 0.4) is 0 Å². The van der Waals surface area contributed by atoms with Crippen molar-refractivity contribution in [1.29, 1.82) is 5.41 Å². The summed E-state index contributed by atoms with van der Waals surface area (Å²) in [6, 6.07) is 6.14. The van der Waals surface area contributed by atoms with Gasteiger partial charge in [-0.2, -0.15) is 0 Å². The van der Waals surface area contributed by atoms with E-state index in [2.05, 4.69) is 18.3 Å². The van der Waals surface area contributed by atoms with E-state index in [0.29, 0.717) is 0 Å². The van der Waals surface area contributed by atoms with Crippen LogP contribution in [0, 0.1) is 5.41 Å². The second-order valence-electron chi connectivity index (χ2n) is 2.67. The van der Waals surface area contributed by atoms with E-state index in [9.17, 15) is 0 Å². The van der Waals surface area contributed by atoms with Crippen molar-refractivity contribution in [2.24, 2.45) is 0 Å². The molecule has 14 heavy (non-hydrogen) atoms. The average Bonchev–Trinajstić information content (AvgIpc) is 2.30. The Balaban J connectivity index is 0.000000791. The van der Waals surface area contributed by atoms with Crippen LogP contribution in [0.15, 0.2) is 18.2 Å². The third kappa shape index (κ3) is 3.21. The van der Waals surface area contributed by atoms with Crippen molar-refractivity contribution in [3.8, 4) is 0 Å². The molecule has 0 aliphatic rings. The Kier molecular flexibility index (Phi) is 6.46. The first-order valence-electron chi connectivity index (χ1n) is 5.13. The van der Waals surface area contributed by atoms with Crippen LogP contribution >= 0.6 is 0 Å². The summed E-state index contributed by atoms with van der Waals surface area (Å²) in [6.07, 6.45) is 2.40. The van der Waals surface area contributed by atoms with Crippen molar-refractivity contribution >= 4 is 11.9 Å². The zero-order valence-electron chi connectivity index (χ0n) is 9.52. The summed E-state index contributed by atoms with van der Waals surface area (Å²) >= 11 is 0. The summed E-state index contributed by atoms with van der Waals surface area (Å²) < 4.78 is 0. The van der Waals surface area contributed by atoms with Crippen LogP contribution < -0.4 is 5.32 Å². The van der Waals surface area contributed by atoms with E-state index in [-0.39, 0.29) is 0 Å². The van der Waals surface area contributed by atoms with E-state index >= 15 is 0 Å². The first-order valence-corrected chi connectivity index (χ1v) is 5.13. The van der Waals surface area contributed by atoms with Gasteiger partial charge in [-0.25, -0.2) is 0 Å². The zero-order chi connectivity index (χ0) is 11.0. The van der Waals surface area contributed by atoms with Crippen LogP contribution in [0.25, 0.3) is 0 Å². The summed E-state index contributed by atoms with van der Waals surface area (Å²) in [7, 11) is 1.87. The molecule has 2 nitrogen and oxygen atoms in total. The van der Waals surface area contributed by atoms with Gasteiger partial charge in [0, 0.05) is 24.5 Å². The molecule has 2 N–H and O–H groups in total. The molecule has 0 aliphatic heterocycles. The molecule has 0 atom stereocenters. The molecule has 0 bridgehead atoms. The topological polar surface area (TPSA) is 35.9 Å². The smallest absolute Gasteiger partial charge is 0.0426 e. The third-order valence-corrected chi connectivity index (χ3v) is 1.95. The summed E-state index contributed by atoms with van der Waals surface area (Å²) in [5.74, 6) is 0. The quantitative estimate of drug-likeness (QED) is 0.708. The fourth-order valence-corrected chi connectivity index (χ4v) is 1.18. The molecule has 0 fully saturated rings. The zero-order valence-corrected chi connectivity index (χ0v) is 9.52. The molecule has 1 aromatic carbocycles. The molecule has 0 saturated heterocycles. The predicted molar refractivity (Wildman–Crippen MR) is 64.6 cm³/mol. The Morgan fingerprint density at radius 2 is 2.00 bits per heavy atom. The van der Waals surface area contributed by atoms with Gasteiger partial charge in [0.2, 0.25) is 0 Å². The lowest BCUT2D eigenvalue weighted by Gasteiger charge is -2.05. The third-order valence-electron chi connectivity index (χ3n) is 1.95. The van der Waals surface area contributed by atoms with Crippen molar-refractivity contribution in [3.05, 3.63) is 29.3 Å². The number of rotatable bonds is 3. The van der Waals surface area contributed by atoms with E-state index in [1.54, 1.807) is 0 Å². The molecule has 0 unspecified atom stereocenters. The molecule has 0 heterocycles. The van der Waals surface area contributed by atoms with Crippen LogP contribution in [0.2, 0.25) is 0 Å². The highest BCUT2D eigenvalue weighted by atomic mass is 14.8. The van der Waals surface area contributed by atoms with Crippen LogP contribution in [0.5, 0.6) is 0 Å². The number of aryl methyl sites for hydroxylation is 1. The van der Waals surface area contributed by atoms with Gasteiger partial charge in [-0.05, 0) is 24.1 Å². The largest absolute Gasteiger partial charge is 0.388 e. The van der Waals surface area contributed by atoms with Crippen molar-refractivity contribution in [1.82, 2.24) is 0 Å². The van der Waals surface area contributed by atoms with Crippen molar-refractivity contribution in [2.75, 3.05) is 12.4 Å². The summed E-state index contributed by atoms with van der Waals surface area (Å²) in [4.78, 5) is 0. The fourth-order valence-electron chi connectivity index (χ4n) is 1.18. The molecule has 2 heteroatoms. The lowest BCUT2D eigenvalue weighted by Crippen LogP contribution is -1.95. The van der Waals surface area contributed by atoms with Gasteiger partial charge >= 0.3 is 0 Å². The van der Waals surface area contributed by atoms with Gasteiger partial charge in [0.05, 0.1) is 0 Å². The molecule has 0 radical (unpaired) electrons. The minimum Gasteiger partial charge on any atom is -0.388 e. The maximum Gasteiger partial charge on any atom is 0.0426 e. The van der Waals surface area contributed by atoms with Crippen molar-refractivity contribution < 1.29 is 0 Å². The lowest BCUT2D eigenvalue weighted by atomic mass is 10.1. The minimum atomic E-state index is 0.955. The summed E-state index contributed by atoms with van der Waals surface area (Å²) in [5, 5.41) is 10.2. The Morgan fingerprint density at radius 1 is 1.36 bits per heavy atom. The van der Waals surface area contributed by atoms with E-state index in [1.165, 1.54) is 11.8 Å². The second-order valence-corrected chi connectivity index (χ2v) is 2.67. The highest BCUT2D eigenvalue weighted by Crippen LogP contribution is 2.15. The fraction of sp³-hybridized carbons (Fsp3) is 0.417. The minimum absolute atomic E-state index is 0.955. The maximum absolute atomic E-state index is 7.19. The average molecular weight is 192 g/mol. The number of hydrogen-bond acceptors (Lipinski definition) is 2. The van der Waals surface area contributed by atoms with Gasteiger partial charge in [-0.3, -0.25) is 0 Å². The SMILES string of the molecule is CC.CCc1ccc(NC)c(C=N)c1. The van der Waals surface area contributed by atoms with E-state index in [4.69, 9.17) is 5.41 Å². The Hall–Kier alpha value is -1.31. The van der Waals surface area contributed by atoms with Crippen LogP contribution in [0.4, 0.5) is 5.69 Å². The summed E-state index contributed by atoms with van der Waals surface area (Å²) in [5.41, 5.74) is 3.24. The number of anilines is 1. The lowest BCUT2D eigenvalue weighted by molar-refractivity contribution is 1.14. The number of hydrogen-bond donors (Lipinski definition) is 2. The van der Waals surface area contributed by atoms with Gasteiger partial charge in [-0.1, -0.05) is 26.8 Å². The predicted octanol–water partition coefficient (Wildman–Crippen LogP) is 3.31. The standard InChI is InChI=1S/C10H14N2.C2H6/c1-3-8-4-5-10(12-2)9(6-8)7-11;1-2/h4-7,11-12H,3H2,1-2H3;1-2H3. The molecule has 78 valence electrons. The Bertz CT molecular complexity index is 280. The second kappa shape index (κ2) is 7.13. The van der Waals surface area contributed by atoms with Crippen LogP contribution in [0.1, 0.15) is 31.9 Å². The molecular formula is C12H20N2. The first kappa shape index (κ1) is 12.7. The van der Waals surface area contributed by atoms with Gasteiger partial charge < -0.3 is 10.7 Å². The van der Waals surface area contributed by atoms with Crippen molar-refractivity contribution in [3.63, 3.8) is 0 Å². The van der Waals surface area contributed by atoms with E-state index in [1.807, 2.05) is 33.0 Å². The summed E-state index contributed by atoms with van der Waals surface area (Å²) in [6.45, 7) is 6.11. The van der Waals surface area contributed by atoms with Gasteiger partial charge in [0.1, 0.15) is 0 Å². The van der Waals surface area contributed by atoms with Gasteiger partial charge in [0.25, 0.3) is 0 Å². The van der Waals surface area contributed by atoms with Crippen LogP contribution in [-0.2, 0) is 6.42 Å². The van der Waals surface area contributed by atoms with Crippen LogP contribution in [-0.4, -0.2) is 13.3 Å². The number of benzene rings is 1. The highest BCUT2D eigenvalue weighted by Gasteiger charge is 1.97. The first-order chi connectivity index (χ1) is 6.81. The van der Waals surface area contributed by atoms with Gasteiger partial charge in [0.15, 0.2) is 0 Å². The molecule has 0 saturated carbocycles. The van der Waals surface area contributed by atoms with E-state index in [0.717, 1.165) is 17.7 Å². The number of nitrogens with one attached hydrogen (secondary N) is 2. The molecule has 0 amide bonds. The normalized spacial score (nSPS) is 8.57. The monoisotopic (exact) mass is 192 g/mol. The molecule has 1 rings (SSSR count).